The fourth-order valence-electron chi connectivity index (χ4n) is 4.85. The van der Waals surface area contributed by atoms with Crippen molar-refractivity contribution in [2.75, 3.05) is 18.5 Å². The third-order valence-corrected chi connectivity index (χ3v) is 8.67. The Labute approximate surface area is 291 Å². The Bertz CT molecular complexity index is 1930. The highest BCUT2D eigenvalue weighted by atomic mass is 79.9. The number of hydrogen-bond acceptors (Lipinski definition) is 7. The van der Waals surface area contributed by atoms with Crippen molar-refractivity contribution in [3.8, 4) is 22.9 Å². The molecule has 12 heteroatoms. The highest BCUT2D eigenvalue weighted by Gasteiger charge is 2.19. The lowest BCUT2D eigenvalue weighted by Gasteiger charge is -2.16. The summed E-state index contributed by atoms with van der Waals surface area (Å²) < 4.78 is 25.6. The second kappa shape index (κ2) is 15.7. The van der Waals surface area contributed by atoms with Crippen molar-refractivity contribution in [2.45, 2.75) is 34.3 Å². The van der Waals surface area contributed by atoms with Gasteiger partial charge in [-0.15, -0.1) is 0 Å². The number of aryl methyl sites for hydroxylation is 3. The molecule has 0 spiro atoms. The van der Waals surface area contributed by atoms with Crippen molar-refractivity contribution in [2.24, 2.45) is 5.10 Å². The SMILES string of the molecule is CCOc1cc(/C=N/NC(=O)c2ccc(COc3ccc(-n4c(C)ccc4C)cc3)o2)c(Br)c(Cl)c1OCC(=O)Nc1ccccc1C. The number of furan rings is 1. The van der Waals surface area contributed by atoms with Crippen LogP contribution in [-0.2, 0) is 11.4 Å². The van der Waals surface area contributed by atoms with Crippen LogP contribution in [0.4, 0.5) is 5.69 Å². The molecule has 0 unspecified atom stereocenters. The first-order valence-electron chi connectivity index (χ1n) is 15.1. The number of ether oxygens (including phenoxy) is 3. The van der Waals surface area contributed by atoms with Crippen LogP contribution < -0.4 is 25.0 Å². The topological polar surface area (TPSA) is 116 Å². The van der Waals surface area contributed by atoms with Crippen LogP contribution >= 0.6 is 27.5 Å². The number of benzene rings is 3. The summed E-state index contributed by atoms with van der Waals surface area (Å²) in [6.07, 6.45) is 1.40. The zero-order valence-corrected chi connectivity index (χ0v) is 29.1. The van der Waals surface area contributed by atoms with Crippen LogP contribution in [0, 0.1) is 20.8 Å². The van der Waals surface area contributed by atoms with E-state index < -0.39 is 5.91 Å². The van der Waals surface area contributed by atoms with Crippen LogP contribution in [-0.4, -0.2) is 35.8 Å². The molecule has 0 aliphatic heterocycles. The van der Waals surface area contributed by atoms with Crippen molar-refractivity contribution in [3.05, 3.63) is 122 Å². The number of carbonyl (C=O) groups excluding carboxylic acids is 2. The molecule has 0 aliphatic rings. The molecule has 2 N–H and O–H groups in total. The Morgan fingerprint density at radius 1 is 0.958 bits per heavy atom. The summed E-state index contributed by atoms with van der Waals surface area (Å²) in [5.74, 6) is 0.814. The number of anilines is 1. The van der Waals surface area contributed by atoms with E-state index in [2.05, 4.69) is 62.3 Å². The van der Waals surface area contributed by atoms with Crippen LogP contribution in [0.2, 0.25) is 5.02 Å². The summed E-state index contributed by atoms with van der Waals surface area (Å²) in [5.41, 5.74) is 7.92. The number of nitrogens with zero attached hydrogens (tertiary/aromatic N) is 2. The van der Waals surface area contributed by atoms with Gasteiger partial charge in [0.25, 0.3) is 5.91 Å². The first-order valence-corrected chi connectivity index (χ1v) is 16.2. The van der Waals surface area contributed by atoms with Gasteiger partial charge in [-0.25, -0.2) is 5.43 Å². The van der Waals surface area contributed by atoms with Gasteiger partial charge in [-0.1, -0.05) is 29.8 Å². The highest BCUT2D eigenvalue weighted by molar-refractivity contribution is 9.10. The number of amides is 2. The largest absolute Gasteiger partial charge is 0.490 e. The van der Waals surface area contributed by atoms with Gasteiger partial charge < -0.3 is 28.5 Å². The number of para-hydroxylation sites is 1. The molecule has 3 aromatic carbocycles. The summed E-state index contributed by atoms with van der Waals surface area (Å²) >= 11 is 10.1. The zero-order chi connectivity index (χ0) is 34.2. The molecule has 0 radical (unpaired) electrons. The molecule has 5 rings (SSSR count). The summed E-state index contributed by atoms with van der Waals surface area (Å²) in [7, 11) is 0. The van der Waals surface area contributed by atoms with E-state index in [1.54, 1.807) is 18.2 Å². The van der Waals surface area contributed by atoms with Crippen LogP contribution in [0.1, 0.15) is 45.8 Å². The third kappa shape index (κ3) is 8.28. The van der Waals surface area contributed by atoms with Gasteiger partial charge in [-0.2, -0.15) is 5.10 Å². The molecule has 2 aromatic heterocycles. The average Bonchev–Trinajstić information content (AvgIpc) is 3.69. The van der Waals surface area contributed by atoms with E-state index in [4.69, 9.17) is 30.2 Å². The summed E-state index contributed by atoms with van der Waals surface area (Å²) in [6.45, 7) is 8.00. The van der Waals surface area contributed by atoms with Crippen molar-refractivity contribution in [3.63, 3.8) is 0 Å². The predicted octanol–water partition coefficient (Wildman–Crippen LogP) is 8.17. The highest BCUT2D eigenvalue weighted by Crippen LogP contribution is 2.42. The van der Waals surface area contributed by atoms with E-state index in [1.807, 2.05) is 62.4 Å². The fraction of sp³-hybridized carbons (Fsp3) is 0.194. The average molecular weight is 734 g/mol. The molecule has 48 heavy (non-hydrogen) atoms. The minimum absolute atomic E-state index is 0.0690. The second-order valence-electron chi connectivity index (χ2n) is 10.7. The van der Waals surface area contributed by atoms with Gasteiger partial charge >= 0.3 is 5.91 Å². The molecule has 2 amide bonds. The molecule has 0 saturated carbocycles. The minimum atomic E-state index is -0.550. The quantitative estimate of drug-likeness (QED) is 0.0932. The van der Waals surface area contributed by atoms with Crippen LogP contribution in [0.15, 0.2) is 92.9 Å². The number of hydrogen-bond donors (Lipinski definition) is 2. The van der Waals surface area contributed by atoms with E-state index in [0.29, 0.717) is 39.6 Å². The molecule has 0 bridgehead atoms. The Morgan fingerprint density at radius 3 is 2.40 bits per heavy atom. The molecule has 10 nitrogen and oxygen atoms in total. The van der Waals surface area contributed by atoms with Crippen molar-refractivity contribution < 1.29 is 28.2 Å². The molecule has 248 valence electrons. The van der Waals surface area contributed by atoms with Crippen molar-refractivity contribution in [1.29, 1.82) is 0 Å². The number of nitrogens with one attached hydrogen (secondary N) is 2. The smallest absolute Gasteiger partial charge is 0.307 e. The Morgan fingerprint density at radius 2 is 1.69 bits per heavy atom. The Balaban J connectivity index is 1.17. The van der Waals surface area contributed by atoms with Gasteiger partial charge in [0.1, 0.15) is 23.1 Å². The van der Waals surface area contributed by atoms with Gasteiger partial charge in [-0.3, -0.25) is 9.59 Å². The molecule has 0 atom stereocenters. The fourth-order valence-corrected chi connectivity index (χ4v) is 5.50. The van der Waals surface area contributed by atoms with Gasteiger partial charge in [0, 0.05) is 32.8 Å². The monoisotopic (exact) mass is 732 g/mol. The molecule has 2 heterocycles. The lowest BCUT2D eigenvalue weighted by Crippen LogP contribution is -2.21. The second-order valence-corrected chi connectivity index (χ2v) is 11.9. The number of aromatic nitrogens is 1. The van der Waals surface area contributed by atoms with Crippen molar-refractivity contribution in [1.82, 2.24) is 9.99 Å². The van der Waals surface area contributed by atoms with E-state index in [-0.39, 0.29) is 35.7 Å². The van der Waals surface area contributed by atoms with E-state index in [9.17, 15) is 9.59 Å². The lowest BCUT2D eigenvalue weighted by atomic mass is 10.2. The Hall–Kier alpha value is -5.00. The van der Waals surface area contributed by atoms with Gasteiger partial charge in [0.15, 0.2) is 23.9 Å². The van der Waals surface area contributed by atoms with Crippen LogP contribution in [0.3, 0.4) is 0 Å². The van der Waals surface area contributed by atoms with E-state index in [0.717, 1.165) is 22.6 Å². The number of hydrazone groups is 1. The molecular weight excluding hydrogens is 700 g/mol. The molecule has 0 aliphatic carbocycles. The van der Waals surface area contributed by atoms with Crippen molar-refractivity contribution >= 4 is 51.2 Å². The molecule has 0 fully saturated rings. The van der Waals surface area contributed by atoms with Gasteiger partial charge in [0.05, 0.1) is 12.8 Å². The maximum absolute atomic E-state index is 12.7. The molecule has 5 aromatic rings. The maximum atomic E-state index is 12.7. The number of carbonyl (C=O) groups is 2. The normalized spacial score (nSPS) is 11.0. The summed E-state index contributed by atoms with van der Waals surface area (Å²) in [6, 6.07) is 24.2. The van der Waals surface area contributed by atoms with Crippen LogP contribution in [0.5, 0.6) is 17.2 Å². The standard InChI is InChI=1S/C36H34BrClN4O6/c1-5-45-31-18-25(33(37)34(38)35(31)47-21-32(43)40-29-9-7-6-8-22(29)2)19-39-41-36(44)30-17-16-28(48-30)20-46-27-14-12-26(13-15-27)42-23(3)10-11-24(42)4/h6-19H,5,20-21H2,1-4H3,(H,40,43)(H,41,44)/b39-19+. The third-order valence-electron chi connectivity index (χ3n) is 7.22. The number of rotatable bonds is 13. The molecular formula is C36H34BrClN4O6. The van der Waals surface area contributed by atoms with E-state index >= 15 is 0 Å². The first kappa shape index (κ1) is 34.3. The summed E-state index contributed by atoms with van der Waals surface area (Å²) in [5, 5.41) is 7.05. The van der Waals surface area contributed by atoms with Gasteiger partial charge in [0.2, 0.25) is 0 Å². The van der Waals surface area contributed by atoms with Crippen LogP contribution in [0.25, 0.3) is 5.69 Å². The predicted molar refractivity (Wildman–Crippen MR) is 189 cm³/mol. The first-order chi connectivity index (χ1) is 23.1. The van der Waals surface area contributed by atoms with E-state index in [1.165, 1.54) is 6.21 Å². The lowest BCUT2D eigenvalue weighted by molar-refractivity contribution is -0.118. The molecule has 0 saturated heterocycles. The minimum Gasteiger partial charge on any atom is -0.490 e. The maximum Gasteiger partial charge on any atom is 0.307 e. The summed E-state index contributed by atoms with van der Waals surface area (Å²) in [4.78, 5) is 25.3. The Kier molecular flexibility index (Phi) is 11.3. The van der Waals surface area contributed by atoms with Gasteiger partial charge in [-0.05, 0) is 110 Å². The number of halogens is 2. The zero-order valence-electron chi connectivity index (χ0n) is 26.8.